The van der Waals surface area contributed by atoms with Crippen molar-refractivity contribution in [2.45, 2.75) is 348 Å². The Morgan fingerprint density at radius 2 is 0.493 bits per heavy atom. The van der Waals surface area contributed by atoms with Crippen molar-refractivity contribution in [3.05, 3.63) is 12.2 Å². The zero-order valence-electron chi connectivity index (χ0n) is 45.5. The van der Waals surface area contributed by atoms with E-state index in [-0.39, 0.29) is 31.1 Å². The van der Waals surface area contributed by atoms with Crippen LogP contribution in [0.5, 0.6) is 0 Å². The fourth-order valence-electron chi connectivity index (χ4n) is 9.21. The molecule has 6 nitrogen and oxygen atoms in total. The third kappa shape index (κ3) is 55.0. The van der Waals surface area contributed by atoms with Crippen molar-refractivity contribution in [1.82, 2.24) is 0 Å². The number of hydrogen-bond acceptors (Lipinski definition) is 6. The topological polar surface area (TPSA) is 78.9 Å². The van der Waals surface area contributed by atoms with Crippen LogP contribution >= 0.6 is 0 Å². The summed E-state index contributed by atoms with van der Waals surface area (Å²) >= 11 is 0. The highest BCUT2D eigenvalue weighted by Crippen LogP contribution is 2.18. The zero-order chi connectivity index (χ0) is 48.6. The summed E-state index contributed by atoms with van der Waals surface area (Å²) in [7, 11) is 0. The number of carbonyl (C=O) groups is 3. The largest absolute Gasteiger partial charge is 0.462 e. The maximum atomic E-state index is 12.8. The number of esters is 3. The minimum Gasteiger partial charge on any atom is -0.462 e. The summed E-state index contributed by atoms with van der Waals surface area (Å²) < 4.78 is 16.8. The molecule has 1 atom stereocenters. The van der Waals surface area contributed by atoms with Crippen LogP contribution in [0.1, 0.15) is 342 Å². The predicted octanol–water partition coefficient (Wildman–Crippen LogP) is 20.1. The van der Waals surface area contributed by atoms with Gasteiger partial charge >= 0.3 is 17.9 Å². The molecule has 0 fully saturated rings. The van der Waals surface area contributed by atoms with Gasteiger partial charge in [0.05, 0.1) is 0 Å². The van der Waals surface area contributed by atoms with Gasteiger partial charge in [-0.3, -0.25) is 14.4 Å². The lowest BCUT2D eigenvalue weighted by Crippen LogP contribution is -2.30. The van der Waals surface area contributed by atoms with Gasteiger partial charge in [-0.1, -0.05) is 290 Å². The molecule has 0 N–H and O–H groups in total. The third-order valence-corrected chi connectivity index (χ3v) is 13.8. The second-order valence-electron chi connectivity index (χ2n) is 20.6. The molecule has 0 aromatic carbocycles. The molecule has 0 aliphatic heterocycles. The minimum absolute atomic E-state index is 0.0677. The predicted molar refractivity (Wildman–Crippen MR) is 289 cm³/mol. The maximum Gasteiger partial charge on any atom is 0.306 e. The van der Waals surface area contributed by atoms with E-state index in [1.807, 2.05) is 0 Å². The van der Waals surface area contributed by atoms with E-state index in [0.717, 1.165) is 64.2 Å². The van der Waals surface area contributed by atoms with Gasteiger partial charge in [0.2, 0.25) is 0 Å². The molecule has 0 aromatic rings. The summed E-state index contributed by atoms with van der Waals surface area (Å²) in [5, 5.41) is 0. The van der Waals surface area contributed by atoms with Crippen molar-refractivity contribution in [3.8, 4) is 0 Å². The zero-order valence-corrected chi connectivity index (χ0v) is 45.5. The molecule has 396 valence electrons. The van der Waals surface area contributed by atoms with Crippen LogP contribution in [-0.4, -0.2) is 37.2 Å². The summed E-state index contributed by atoms with van der Waals surface area (Å²) in [5.41, 5.74) is 0. The second kappa shape index (κ2) is 56.7. The van der Waals surface area contributed by atoms with E-state index in [2.05, 4.69) is 32.9 Å². The molecule has 0 rings (SSSR count). The van der Waals surface area contributed by atoms with Gasteiger partial charge in [-0.2, -0.15) is 0 Å². The van der Waals surface area contributed by atoms with Gasteiger partial charge < -0.3 is 14.2 Å². The van der Waals surface area contributed by atoms with E-state index >= 15 is 0 Å². The van der Waals surface area contributed by atoms with Crippen LogP contribution in [0, 0.1) is 0 Å². The van der Waals surface area contributed by atoms with Crippen molar-refractivity contribution in [1.29, 1.82) is 0 Å². The monoisotopic (exact) mass is 945 g/mol. The van der Waals surface area contributed by atoms with Crippen molar-refractivity contribution >= 4 is 17.9 Å². The van der Waals surface area contributed by atoms with Crippen LogP contribution in [0.3, 0.4) is 0 Å². The van der Waals surface area contributed by atoms with E-state index in [9.17, 15) is 14.4 Å². The van der Waals surface area contributed by atoms with Gasteiger partial charge in [-0.25, -0.2) is 0 Å². The van der Waals surface area contributed by atoms with Crippen LogP contribution in [0.15, 0.2) is 12.2 Å². The fraction of sp³-hybridized carbons (Fsp3) is 0.918. The van der Waals surface area contributed by atoms with Crippen LogP contribution in [0.25, 0.3) is 0 Å². The molecule has 0 aliphatic rings. The molecule has 0 saturated carbocycles. The quantitative estimate of drug-likeness (QED) is 0.0262. The number of rotatable bonds is 56. The average Bonchev–Trinajstić information content (AvgIpc) is 3.33. The van der Waals surface area contributed by atoms with E-state index < -0.39 is 6.10 Å². The van der Waals surface area contributed by atoms with Crippen molar-refractivity contribution in [3.63, 3.8) is 0 Å². The SMILES string of the molecule is CCCCC/C=C\CCCCCCCC(=O)OC(COC(=O)CCCCCCCCCCCCC)COC(=O)CCCCCCCCCCCCCCCCCCCCCCCCCCCC. The third-order valence-electron chi connectivity index (χ3n) is 13.8. The smallest absolute Gasteiger partial charge is 0.306 e. The number of carbonyl (C=O) groups excluding carboxylic acids is 3. The van der Waals surface area contributed by atoms with Gasteiger partial charge in [0.15, 0.2) is 6.10 Å². The average molecular weight is 946 g/mol. The summed E-state index contributed by atoms with van der Waals surface area (Å²) in [4.78, 5) is 38.0. The van der Waals surface area contributed by atoms with Gasteiger partial charge in [-0.15, -0.1) is 0 Å². The molecule has 1 unspecified atom stereocenters. The molecule has 0 heterocycles. The molecule has 0 aromatic heterocycles. The fourth-order valence-corrected chi connectivity index (χ4v) is 9.21. The summed E-state index contributed by atoms with van der Waals surface area (Å²) in [5.74, 6) is -0.856. The lowest BCUT2D eigenvalue weighted by molar-refractivity contribution is -0.167. The van der Waals surface area contributed by atoms with E-state index in [1.165, 1.54) is 238 Å². The Kier molecular flexibility index (Phi) is 55.2. The lowest BCUT2D eigenvalue weighted by Gasteiger charge is -2.18. The summed E-state index contributed by atoms with van der Waals surface area (Å²) in [6.45, 7) is 6.66. The molecule has 0 amide bonds. The van der Waals surface area contributed by atoms with Crippen molar-refractivity contribution in [2.75, 3.05) is 13.2 Å². The Morgan fingerprint density at radius 3 is 0.776 bits per heavy atom. The normalized spacial score (nSPS) is 12.0. The maximum absolute atomic E-state index is 12.8. The number of hydrogen-bond donors (Lipinski definition) is 0. The molecular formula is C61H116O6. The number of allylic oxidation sites excluding steroid dienone is 2. The first-order valence-corrected chi connectivity index (χ1v) is 30.2. The second-order valence-corrected chi connectivity index (χ2v) is 20.6. The first-order chi connectivity index (χ1) is 33.0. The van der Waals surface area contributed by atoms with Gasteiger partial charge in [-0.05, 0) is 44.9 Å². The number of unbranched alkanes of at least 4 members (excludes halogenated alkanes) is 43. The van der Waals surface area contributed by atoms with E-state index in [0.29, 0.717) is 19.3 Å². The van der Waals surface area contributed by atoms with Crippen molar-refractivity contribution < 1.29 is 28.6 Å². The molecule has 0 saturated heterocycles. The van der Waals surface area contributed by atoms with Crippen LogP contribution in [0.4, 0.5) is 0 Å². The molecule has 0 spiro atoms. The van der Waals surface area contributed by atoms with Crippen LogP contribution in [-0.2, 0) is 28.6 Å². The Morgan fingerprint density at radius 1 is 0.284 bits per heavy atom. The Hall–Kier alpha value is -1.85. The van der Waals surface area contributed by atoms with E-state index in [1.54, 1.807) is 0 Å². The molecule has 0 bridgehead atoms. The Bertz CT molecular complexity index is 1040. The summed E-state index contributed by atoms with van der Waals surface area (Å²) in [6.07, 6.45) is 65.1. The lowest BCUT2D eigenvalue weighted by atomic mass is 10.0. The molecule has 6 heteroatoms. The Labute approximate surface area is 418 Å². The molecular weight excluding hydrogens is 829 g/mol. The highest BCUT2D eigenvalue weighted by molar-refractivity contribution is 5.71. The first kappa shape index (κ1) is 65.1. The standard InChI is InChI=1S/C61H116O6/c1-4-7-10-13-16-19-22-24-25-26-27-28-29-30-31-32-33-34-35-36-37-40-42-45-48-51-54-60(63)66-57-58(56-65-59(62)53-50-47-44-41-38-21-18-15-12-9-6-3)67-61(64)55-52-49-46-43-39-23-20-17-14-11-8-5-2/h17,20,58H,4-16,18-19,21-57H2,1-3H3/b20-17-. The van der Waals surface area contributed by atoms with Crippen LogP contribution < -0.4 is 0 Å². The van der Waals surface area contributed by atoms with Gasteiger partial charge in [0.25, 0.3) is 0 Å². The van der Waals surface area contributed by atoms with Gasteiger partial charge in [0, 0.05) is 19.3 Å². The van der Waals surface area contributed by atoms with Gasteiger partial charge in [0.1, 0.15) is 13.2 Å². The first-order valence-electron chi connectivity index (χ1n) is 30.2. The van der Waals surface area contributed by atoms with E-state index in [4.69, 9.17) is 14.2 Å². The molecule has 67 heavy (non-hydrogen) atoms. The molecule has 0 aliphatic carbocycles. The molecule has 0 radical (unpaired) electrons. The highest BCUT2D eigenvalue weighted by atomic mass is 16.6. The Balaban J connectivity index is 4.10. The summed E-state index contributed by atoms with van der Waals surface area (Å²) in [6, 6.07) is 0. The van der Waals surface area contributed by atoms with Crippen molar-refractivity contribution in [2.24, 2.45) is 0 Å². The minimum atomic E-state index is -0.768. The highest BCUT2D eigenvalue weighted by Gasteiger charge is 2.19. The van der Waals surface area contributed by atoms with Crippen LogP contribution in [0.2, 0.25) is 0 Å². The number of ether oxygens (including phenoxy) is 3.